The van der Waals surface area contributed by atoms with Crippen LogP contribution in [-0.2, 0) is 4.79 Å². The predicted molar refractivity (Wildman–Crippen MR) is 41.9 cm³/mol. The maximum Gasteiger partial charge on any atom is 0.225 e. The number of halogens is 1. The lowest BCUT2D eigenvalue weighted by Crippen LogP contribution is -1.92. The fourth-order valence-corrected chi connectivity index (χ4v) is 1.14. The molecule has 0 atom stereocenters. The average Bonchev–Trinajstić information content (AvgIpc) is 1.88. The lowest BCUT2D eigenvalue weighted by molar-refractivity contribution is -0.111. The summed E-state index contributed by atoms with van der Waals surface area (Å²) < 4.78 is 0. The van der Waals surface area contributed by atoms with Gasteiger partial charge in [0.15, 0.2) is 0 Å². The second-order valence-corrected chi connectivity index (χ2v) is 2.73. The quantitative estimate of drug-likeness (QED) is 0.443. The molecule has 0 bridgehead atoms. The third kappa shape index (κ3) is 2.36. The normalized spacial score (nSPS) is 16.7. The Bertz CT molecular complexity index is 191. The molecule has 0 aromatic rings. The van der Waals surface area contributed by atoms with E-state index >= 15 is 0 Å². The summed E-state index contributed by atoms with van der Waals surface area (Å²) in [6.45, 7) is 0. The Morgan fingerprint density at radius 1 is 1.60 bits per heavy atom. The van der Waals surface area contributed by atoms with E-state index < -0.39 is 0 Å². The molecule has 0 saturated heterocycles. The number of carbonyl (C=O) groups is 1. The first kappa shape index (κ1) is 7.55. The van der Waals surface area contributed by atoms with Crippen molar-refractivity contribution in [3.63, 3.8) is 0 Å². The fraction of sp³-hybridized carbons (Fsp3) is 0.375. The summed E-state index contributed by atoms with van der Waals surface area (Å²) in [5.41, 5.74) is 1.14. The van der Waals surface area contributed by atoms with Crippen molar-refractivity contribution in [1.82, 2.24) is 0 Å². The molecule has 1 nitrogen and oxygen atoms in total. The topological polar surface area (TPSA) is 17.1 Å². The number of hydrogen-bond acceptors (Lipinski definition) is 1. The third-order valence-corrected chi connectivity index (χ3v) is 1.59. The van der Waals surface area contributed by atoms with Gasteiger partial charge in [0.05, 0.1) is 0 Å². The SMILES string of the molecule is O=C(Cl)CC1=CCC=CC1. The predicted octanol–water partition coefficient (Wildman–Crippen LogP) is 2.42. The molecule has 0 spiro atoms. The molecule has 0 aliphatic heterocycles. The molecule has 0 aromatic carbocycles. The Balaban J connectivity index is 2.41. The van der Waals surface area contributed by atoms with Gasteiger partial charge in [-0.1, -0.05) is 23.8 Å². The van der Waals surface area contributed by atoms with Crippen LogP contribution >= 0.6 is 11.6 Å². The summed E-state index contributed by atoms with van der Waals surface area (Å²) >= 11 is 5.21. The summed E-state index contributed by atoms with van der Waals surface area (Å²) in [5.74, 6) is 0. The highest BCUT2D eigenvalue weighted by Crippen LogP contribution is 2.15. The number of hydrogen-bond donors (Lipinski definition) is 0. The van der Waals surface area contributed by atoms with Crippen molar-refractivity contribution < 1.29 is 4.79 Å². The van der Waals surface area contributed by atoms with E-state index in [0.717, 1.165) is 18.4 Å². The van der Waals surface area contributed by atoms with Crippen molar-refractivity contribution in [3.8, 4) is 0 Å². The molecule has 1 aliphatic carbocycles. The van der Waals surface area contributed by atoms with E-state index in [1.807, 2.05) is 0 Å². The van der Waals surface area contributed by atoms with Crippen molar-refractivity contribution in [1.29, 1.82) is 0 Å². The summed E-state index contributed by atoms with van der Waals surface area (Å²) in [6.07, 6.45) is 8.45. The molecule has 0 fully saturated rings. The van der Waals surface area contributed by atoms with Crippen molar-refractivity contribution >= 4 is 16.8 Å². The standard InChI is InChI=1S/C8H9ClO/c9-8(10)6-7-4-2-1-3-5-7/h1-2,5H,3-4,6H2. The lowest BCUT2D eigenvalue weighted by atomic mass is 10.0. The Morgan fingerprint density at radius 3 is 2.90 bits per heavy atom. The highest BCUT2D eigenvalue weighted by atomic mass is 35.5. The third-order valence-electron chi connectivity index (χ3n) is 1.46. The van der Waals surface area contributed by atoms with Crippen molar-refractivity contribution in [2.45, 2.75) is 19.3 Å². The molecule has 1 rings (SSSR count). The summed E-state index contributed by atoms with van der Waals surface area (Å²) in [4.78, 5) is 10.4. The first-order chi connectivity index (χ1) is 4.79. The zero-order valence-electron chi connectivity index (χ0n) is 5.64. The number of carbonyl (C=O) groups excluding carboxylic acids is 1. The van der Waals surface area contributed by atoms with Crippen LogP contribution in [0.25, 0.3) is 0 Å². The zero-order chi connectivity index (χ0) is 7.40. The van der Waals surface area contributed by atoms with Gasteiger partial charge in [-0.05, 0) is 24.4 Å². The van der Waals surface area contributed by atoms with Crippen LogP contribution in [0.5, 0.6) is 0 Å². The highest BCUT2D eigenvalue weighted by molar-refractivity contribution is 6.63. The van der Waals surface area contributed by atoms with Crippen molar-refractivity contribution in [3.05, 3.63) is 23.8 Å². The zero-order valence-corrected chi connectivity index (χ0v) is 6.40. The van der Waals surface area contributed by atoms with E-state index in [4.69, 9.17) is 11.6 Å². The van der Waals surface area contributed by atoms with Crippen molar-refractivity contribution in [2.24, 2.45) is 0 Å². The van der Waals surface area contributed by atoms with Gasteiger partial charge in [0.25, 0.3) is 0 Å². The molecule has 1 aliphatic rings. The Morgan fingerprint density at radius 2 is 2.40 bits per heavy atom. The summed E-state index contributed by atoms with van der Waals surface area (Å²) in [5, 5.41) is -0.262. The first-order valence-corrected chi connectivity index (χ1v) is 3.68. The van der Waals surface area contributed by atoms with Crippen LogP contribution in [0.3, 0.4) is 0 Å². The minimum absolute atomic E-state index is 0.262. The van der Waals surface area contributed by atoms with E-state index in [0.29, 0.717) is 6.42 Å². The van der Waals surface area contributed by atoms with E-state index in [-0.39, 0.29) is 5.24 Å². The van der Waals surface area contributed by atoms with Gasteiger partial charge in [-0.3, -0.25) is 4.79 Å². The molecule has 2 heteroatoms. The smallest absolute Gasteiger partial charge is 0.225 e. The molecule has 0 heterocycles. The Kier molecular flexibility index (Phi) is 2.69. The van der Waals surface area contributed by atoms with Gasteiger partial charge in [0, 0.05) is 6.42 Å². The molecule has 0 unspecified atom stereocenters. The molecule has 0 aromatic heterocycles. The van der Waals surface area contributed by atoms with Gasteiger partial charge in [-0.15, -0.1) is 0 Å². The van der Waals surface area contributed by atoms with E-state index in [1.165, 1.54) is 0 Å². The van der Waals surface area contributed by atoms with Gasteiger partial charge in [0.2, 0.25) is 5.24 Å². The van der Waals surface area contributed by atoms with Crippen LogP contribution in [-0.4, -0.2) is 5.24 Å². The monoisotopic (exact) mass is 156 g/mol. The van der Waals surface area contributed by atoms with Gasteiger partial charge in [0.1, 0.15) is 0 Å². The molecular formula is C8H9ClO. The van der Waals surface area contributed by atoms with Gasteiger partial charge in [-0.25, -0.2) is 0 Å². The number of allylic oxidation sites excluding steroid dienone is 4. The van der Waals surface area contributed by atoms with Gasteiger partial charge >= 0.3 is 0 Å². The Labute approximate surface area is 65.4 Å². The fourth-order valence-electron chi connectivity index (χ4n) is 0.972. The second kappa shape index (κ2) is 3.57. The van der Waals surface area contributed by atoms with Crippen LogP contribution in [0.2, 0.25) is 0 Å². The lowest BCUT2D eigenvalue weighted by Gasteiger charge is -2.03. The van der Waals surface area contributed by atoms with Crippen LogP contribution in [0.15, 0.2) is 23.8 Å². The van der Waals surface area contributed by atoms with E-state index in [1.54, 1.807) is 0 Å². The Hall–Kier alpha value is -0.560. The molecular weight excluding hydrogens is 148 g/mol. The van der Waals surface area contributed by atoms with Crippen LogP contribution in [0.1, 0.15) is 19.3 Å². The summed E-state index contributed by atoms with van der Waals surface area (Å²) in [7, 11) is 0. The molecule has 10 heavy (non-hydrogen) atoms. The maximum atomic E-state index is 10.4. The van der Waals surface area contributed by atoms with Crippen LogP contribution in [0, 0.1) is 0 Å². The highest BCUT2D eigenvalue weighted by Gasteiger charge is 2.02. The second-order valence-electron chi connectivity index (χ2n) is 2.31. The van der Waals surface area contributed by atoms with Crippen LogP contribution in [0.4, 0.5) is 0 Å². The van der Waals surface area contributed by atoms with Crippen molar-refractivity contribution in [2.75, 3.05) is 0 Å². The molecule has 54 valence electrons. The van der Waals surface area contributed by atoms with E-state index in [2.05, 4.69) is 18.2 Å². The van der Waals surface area contributed by atoms with Gasteiger partial charge < -0.3 is 0 Å². The molecule has 0 saturated carbocycles. The molecule has 0 N–H and O–H groups in total. The minimum atomic E-state index is -0.262. The largest absolute Gasteiger partial charge is 0.281 e. The average molecular weight is 157 g/mol. The first-order valence-electron chi connectivity index (χ1n) is 3.30. The molecule has 0 radical (unpaired) electrons. The van der Waals surface area contributed by atoms with Gasteiger partial charge in [-0.2, -0.15) is 0 Å². The van der Waals surface area contributed by atoms with Crippen LogP contribution < -0.4 is 0 Å². The summed E-state index contributed by atoms with van der Waals surface area (Å²) in [6, 6.07) is 0. The minimum Gasteiger partial charge on any atom is -0.281 e. The molecule has 0 amide bonds. The number of rotatable bonds is 2. The maximum absolute atomic E-state index is 10.4. The van der Waals surface area contributed by atoms with E-state index in [9.17, 15) is 4.79 Å².